The molecule has 6 nitrogen and oxygen atoms in total. The van der Waals surface area contributed by atoms with Crippen molar-refractivity contribution in [1.29, 1.82) is 0 Å². The first-order valence-corrected chi connectivity index (χ1v) is 9.95. The number of aliphatic hydroxyl groups excluding tert-OH is 1. The average Bonchev–Trinajstić information content (AvgIpc) is 3.12. The lowest BCUT2D eigenvalue weighted by atomic mass is 10.0. The Hall–Kier alpha value is -2.61. The molecule has 0 bridgehead atoms. The molecule has 0 fully saturated rings. The Morgan fingerprint density at radius 1 is 1.21 bits per heavy atom. The highest BCUT2D eigenvalue weighted by Gasteiger charge is 2.25. The van der Waals surface area contributed by atoms with Gasteiger partial charge in [0.05, 0.1) is 11.4 Å². The van der Waals surface area contributed by atoms with Gasteiger partial charge in [0.2, 0.25) is 6.23 Å². The fourth-order valence-corrected chi connectivity index (χ4v) is 3.53. The van der Waals surface area contributed by atoms with Gasteiger partial charge < -0.3 is 10.2 Å². The monoisotopic (exact) mass is 415 g/mol. The lowest BCUT2D eigenvalue weighted by Gasteiger charge is -2.13. The highest BCUT2D eigenvalue weighted by molar-refractivity contribution is 7.98. The highest BCUT2D eigenvalue weighted by atomic mass is 35.5. The van der Waals surface area contributed by atoms with Crippen LogP contribution in [0.3, 0.4) is 0 Å². The van der Waals surface area contributed by atoms with Crippen LogP contribution in [0.15, 0.2) is 64.7 Å². The van der Waals surface area contributed by atoms with E-state index in [1.807, 2.05) is 47.4 Å². The predicted octanol–water partition coefficient (Wildman–Crippen LogP) is 4.18. The maximum atomic E-state index is 10.5. The van der Waals surface area contributed by atoms with Crippen LogP contribution in [0.25, 0.3) is 5.69 Å². The Balaban J connectivity index is 0.000000516. The van der Waals surface area contributed by atoms with Gasteiger partial charge in [0.25, 0.3) is 5.97 Å². The number of carboxylic acids is 1. The van der Waals surface area contributed by atoms with E-state index in [9.17, 15) is 5.11 Å². The van der Waals surface area contributed by atoms with Gasteiger partial charge in [-0.3, -0.25) is 9.36 Å². The Kier molecular flexibility index (Phi) is 6.18. The molecule has 3 aromatic rings. The van der Waals surface area contributed by atoms with Crippen molar-refractivity contribution in [3.63, 3.8) is 0 Å². The molecule has 0 spiro atoms. The molecule has 28 heavy (non-hydrogen) atoms. The predicted molar refractivity (Wildman–Crippen MR) is 111 cm³/mol. The Bertz CT molecular complexity index is 1040. The van der Waals surface area contributed by atoms with Crippen molar-refractivity contribution in [2.75, 3.05) is 6.26 Å². The molecule has 2 heterocycles. The molecule has 1 atom stereocenters. The lowest BCUT2D eigenvalue weighted by Crippen LogP contribution is -2.07. The van der Waals surface area contributed by atoms with Gasteiger partial charge >= 0.3 is 0 Å². The number of aliphatic hydroxyl groups is 1. The standard InChI is InChI=1S/C18H14ClN3OS.C2H4O2/c1-24-11-6-7-15-13(10-11)16(12-4-2-3-5-14(12)19)21-18(23)17-20-8-9-22(15)17;1-2(3)4/h2-10,18,23H,1H3;1H3,(H,3,4). The van der Waals surface area contributed by atoms with Crippen molar-refractivity contribution >= 4 is 35.0 Å². The van der Waals surface area contributed by atoms with E-state index in [1.54, 1.807) is 18.0 Å². The molecule has 1 aliphatic heterocycles. The quantitative estimate of drug-likeness (QED) is 0.613. The molecule has 0 aliphatic carbocycles. The van der Waals surface area contributed by atoms with Gasteiger partial charge in [-0.25, -0.2) is 9.98 Å². The molecule has 2 aromatic carbocycles. The normalized spacial score (nSPS) is 14.7. The molecule has 4 rings (SSSR count). The minimum Gasteiger partial charge on any atom is -0.481 e. The minimum absolute atomic E-state index is 0.496. The van der Waals surface area contributed by atoms with Crippen LogP contribution in [0, 0.1) is 0 Å². The number of aliphatic carboxylic acids is 1. The fourth-order valence-electron chi connectivity index (χ4n) is 2.87. The SMILES string of the molecule is CC(=O)O.CSc1ccc2c(c1)C(c1ccccc1Cl)=NC(O)c1nccn1-2. The van der Waals surface area contributed by atoms with Gasteiger partial charge in [-0.05, 0) is 30.5 Å². The Labute approximate surface area is 171 Å². The number of aliphatic imine (C=N–C) groups is 1. The number of aromatic nitrogens is 2. The number of fused-ring (bicyclic) bond motifs is 3. The molecule has 0 radical (unpaired) electrons. The number of hydrogen-bond donors (Lipinski definition) is 2. The minimum atomic E-state index is -1.04. The third-order valence-electron chi connectivity index (χ3n) is 4.00. The zero-order chi connectivity index (χ0) is 20.3. The van der Waals surface area contributed by atoms with Crippen LogP contribution in [-0.4, -0.2) is 37.7 Å². The molecule has 144 valence electrons. The topological polar surface area (TPSA) is 87.7 Å². The number of benzene rings is 2. The number of thioether (sulfide) groups is 1. The average molecular weight is 416 g/mol. The summed E-state index contributed by atoms with van der Waals surface area (Å²) in [7, 11) is 0. The van der Waals surface area contributed by atoms with Crippen molar-refractivity contribution < 1.29 is 15.0 Å². The summed E-state index contributed by atoms with van der Waals surface area (Å²) in [5.41, 5.74) is 3.31. The van der Waals surface area contributed by atoms with E-state index in [4.69, 9.17) is 21.5 Å². The molecular formula is C20H18ClN3O3S. The summed E-state index contributed by atoms with van der Waals surface area (Å²) >= 11 is 8.05. The van der Waals surface area contributed by atoms with E-state index >= 15 is 0 Å². The first-order valence-electron chi connectivity index (χ1n) is 8.34. The second kappa shape index (κ2) is 8.60. The van der Waals surface area contributed by atoms with E-state index in [0.717, 1.165) is 28.6 Å². The highest BCUT2D eigenvalue weighted by Crippen LogP contribution is 2.32. The Morgan fingerprint density at radius 3 is 2.61 bits per heavy atom. The second-order valence-electron chi connectivity index (χ2n) is 5.89. The van der Waals surface area contributed by atoms with Crippen LogP contribution in [0.4, 0.5) is 0 Å². The van der Waals surface area contributed by atoms with Crippen LogP contribution in [0.1, 0.15) is 30.1 Å². The molecule has 2 N–H and O–H groups in total. The van der Waals surface area contributed by atoms with Gasteiger partial charge in [-0.15, -0.1) is 11.8 Å². The summed E-state index contributed by atoms with van der Waals surface area (Å²) in [6, 6.07) is 13.7. The first kappa shape index (κ1) is 20.1. The maximum Gasteiger partial charge on any atom is 0.300 e. The first-order chi connectivity index (χ1) is 13.4. The molecule has 0 amide bonds. The van der Waals surface area contributed by atoms with Crippen molar-refractivity contribution in [2.45, 2.75) is 18.0 Å². The molecule has 8 heteroatoms. The third kappa shape index (κ3) is 4.11. The summed E-state index contributed by atoms with van der Waals surface area (Å²) in [6.45, 7) is 1.08. The number of carboxylic acid groups (broad SMARTS) is 1. The van der Waals surface area contributed by atoms with Gasteiger partial charge in [0.1, 0.15) is 0 Å². The molecule has 0 saturated carbocycles. The van der Waals surface area contributed by atoms with Crippen LogP contribution < -0.4 is 0 Å². The summed E-state index contributed by atoms with van der Waals surface area (Å²) < 4.78 is 1.87. The zero-order valence-electron chi connectivity index (χ0n) is 15.2. The zero-order valence-corrected chi connectivity index (χ0v) is 16.8. The van der Waals surface area contributed by atoms with Crippen molar-refractivity contribution in [3.05, 3.63) is 76.8 Å². The van der Waals surface area contributed by atoms with Crippen LogP contribution in [-0.2, 0) is 4.79 Å². The van der Waals surface area contributed by atoms with Crippen molar-refractivity contribution in [1.82, 2.24) is 9.55 Å². The second-order valence-corrected chi connectivity index (χ2v) is 7.18. The van der Waals surface area contributed by atoms with Crippen LogP contribution in [0.5, 0.6) is 0 Å². The number of halogens is 1. The van der Waals surface area contributed by atoms with E-state index in [2.05, 4.69) is 22.1 Å². The summed E-state index contributed by atoms with van der Waals surface area (Å²) in [6.07, 6.45) is 4.49. The summed E-state index contributed by atoms with van der Waals surface area (Å²) in [4.78, 5) is 18.9. The molecule has 1 aliphatic rings. The van der Waals surface area contributed by atoms with Crippen LogP contribution >= 0.6 is 23.4 Å². The van der Waals surface area contributed by atoms with Gasteiger partial charge in [-0.2, -0.15) is 0 Å². The molecule has 0 saturated heterocycles. The number of nitrogens with zero attached hydrogens (tertiary/aromatic N) is 3. The number of rotatable bonds is 2. The van der Waals surface area contributed by atoms with Crippen molar-refractivity contribution in [2.24, 2.45) is 4.99 Å². The molecular weight excluding hydrogens is 398 g/mol. The maximum absolute atomic E-state index is 10.5. The fraction of sp³-hybridized carbons (Fsp3) is 0.150. The Morgan fingerprint density at radius 2 is 1.93 bits per heavy atom. The number of imidazole rings is 1. The van der Waals surface area contributed by atoms with Crippen molar-refractivity contribution in [3.8, 4) is 5.69 Å². The summed E-state index contributed by atoms with van der Waals surface area (Å²) in [5.74, 6) is -0.338. The van der Waals surface area contributed by atoms with Gasteiger partial charge in [0.15, 0.2) is 5.82 Å². The van der Waals surface area contributed by atoms with Gasteiger partial charge in [-0.1, -0.05) is 29.8 Å². The van der Waals surface area contributed by atoms with E-state index in [1.165, 1.54) is 0 Å². The van der Waals surface area contributed by atoms with Gasteiger partial charge in [0, 0.05) is 40.4 Å². The van der Waals surface area contributed by atoms with Crippen LogP contribution in [0.2, 0.25) is 5.02 Å². The largest absolute Gasteiger partial charge is 0.481 e. The van der Waals surface area contributed by atoms with E-state index in [-0.39, 0.29) is 0 Å². The summed E-state index contributed by atoms with van der Waals surface area (Å²) in [5, 5.41) is 18.5. The smallest absolute Gasteiger partial charge is 0.300 e. The molecule has 1 unspecified atom stereocenters. The van der Waals surface area contributed by atoms with E-state index in [0.29, 0.717) is 16.6 Å². The number of hydrogen-bond acceptors (Lipinski definition) is 5. The lowest BCUT2D eigenvalue weighted by molar-refractivity contribution is -0.134. The van der Waals surface area contributed by atoms with E-state index < -0.39 is 12.2 Å². The number of carbonyl (C=O) groups is 1. The third-order valence-corrected chi connectivity index (χ3v) is 5.05. The molecule has 1 aromatic heterocycles.